The minimum atomic E-state index is -0.405. The number of nitrogens with zero attached hydrogens (tertiary/aromatic N) is 1. The zero-order valence-corrected chi connectivity index (χ0v) is 12.7. The van der Waals surface area contributed by atoms with Gasteiger partial charge in [-0.05, 0) is 49.5 Å². The van der Waals surface area contributed by atoms with Crippen molar-refractivity contribution in [3.8, 4) is 5.75 Å². The first-order valence-corrected chi connectivity index (χ1v) is 7.78. The lowest BCUT2D eigenvalue weighted by Crippen LogP contribution is -2.38. The summed E-state index contributed by atoms with van der Waals surface area (Å²) in [5.41, 5.74) is 1.31. The van der Waals surface area contributed by atoms with Gasteiger partial charge in [-0.25, -0.2) is 0 Å². The second kappa shape index (κ2) is 7.65. The number of hydrogen-bond acceptors (Lipinski definition) is 3. The molecule has 1 N–H and O–H groups in total. The molecular weight excluding hydrogens is 250 g/mol. The molecule has 112 valence electrons. The van der Waals surface area contributed by atoms with Crippen LogP contribution in [-0.2, 0) is 0 Å². The Kier molecular flexibility index (Phi) is 5.86. The van der Waals surface area contributed by atoms with Crippen LogP contribution in [0.25, 0.3) is 0 Å². The summed E-state index contributed by atoms with van der Waals surface area (Å²) in [5, 5.41) is 10.0. The second-order valence-electron chi connectivity index (χ2n) is 6.05. The maximum Gasteiger partial charge on any atom is 0.119 e. The molecule has 0 unspecified atom stereocenters. The summed E-state index contributed by atoms with van der Waals surface area (Å²) in [6, 6.07) is 8.17. The predicted octanol–water partition coefficient (Wildman–Crippen LogP) is 3.04. The van der Waals surface area contributed by atoms with Crippen molar-refractivity contribution in [2.75, 3.05) is 26.2 Å². The van der Waals surface area contributed by atoms with Crippen molar-refractivity contribution < 1.29 is 9.84 Å². The first-order chi connectivity index (χ1) is 9.65. The lowest BCUT2D eigenvalue weighted by Gasteiger charge is -2.28. The van der Waals surface area contributed by atoms with Gasteiger partial charge in [0.05, 0.1) is 0 Å². The largest absolute Gasteiger partial charge is 0.491 e. The zero-order chi connectivity index (χ0) is 14.4. The van der Waals surface area contributed by atoms with Crippen LogP contribution >= 0.6 is 0 Å². The van der Waals surface area contributed by atoms with Crippen molar-refractivity contribution in [1.29, 1.82) is 0 Å². The van der Waals surface area contributed by atoms with Crippen LogP contribution in [0, 0.1) is 0 Å². The van der Waals surface area contributed by atoms with Gasteiger partial charge in [0, 0.05) is 6.54 Å². The predicted molar refractivity (Wildman–Crippen MR) is 82.3 cm³/mol. The standard InChI is InChI=1S/C17H27NO2/c1-14(2)15-6-8-17(9-7-15)20-13-16(19)12-18-10-4-3-5-11-18/h6-9,14,16,19H,3-5,10-13H2,1-2H3/t16-/m1/s1. The number of ether oxygens (including phenoxy) is 1. The van der Waals surface area contributed by atoms with Crippen molar-refractivity contribution in [3.05, 3.63) is 29.8 Å². The number of hydrogen-bond donors (Lipinski definition) is 1. The number of benzene rings is 1. The molecule has 1 aliphatic rings. The molecule has 1 aliphatic heterocycles. The van der Waals surface area contributed by atoms with Gasteiger partial charge in [-0.15, -0.1) is 0 Å². The Morgan fingerprint density at radius 2 is 1.75 bits per heavy atom. The molecule has 1 heterocycles. The maximum atomic E-state index is 10.0. The van der Waals surface area contributed by atoms with E-state index in [1.807, 2.05) is 12.1 Å². The maximum absolute atomic E-state index is 10.0. The highest BCUT2D eigenvalue weighted by molar-refractivity contribution is 5.28. The quantitative estimate of drug-likeness (QED) is 0.867. The number of rotatable bonds is 6. The Morgan fingerprint density at radius 1 is 1.10 bits per heavy atom. The third-order valence-corrected chi connectivity index (χ3v) is 3.91. The minimum absolute atomic E-state index is 0.373. The molecule has 2 rings (SSSR count). The fraction of sp³-hybridized carbons (Fsp3) is 0.647. The van der Waals surface area contributed by atoms with Gasteiger partial charge < -0.3 is 14.7 Å². The normalized spacial score (nSPS) is 18.2. The lowest BCUT2D eigenvalue weighted by molar-refractivity contribution is 0.0617. The van der Waals surface area contributed by atoms with Crippen LogP contribution in [0.4, 0.5) is 0 Å². The van der Waals surface area contributed by atoms with Crippen LogP contribution in [0.5, 0.6) is 5.75 Å². The molecule has 20 heavy (non-hydrogen) atoms. The number of aliphatic hydroxyl groups excluding tert-OH is 1. The highest BCUT2D eigenvalue weighted by Crippen LogP contribution is 2.18. The van der Waals surface area contributed by atoms with E-state index in [0.717, 1.165) is 25.4 Å². The molecule has 1 fully saturated rings. The lowest BCUT2D eigenvalue weighted by atomic mass is 10.0. The van der Waals surface area contributed by atoms with E-state index in [4.69, 9.17) is 4.74 Å². The topological polar surface area (TPSA) is 32.7 Å². The van der Waals surface area contributed by atoms with Crippen molar-refractivity contribution in [1.82, 2.24) is 4.90 Å². The van der Waals surface area contributed by atoms with E-state index in [0.29, 0.717) is 12.5 Å². The zero-order valence-electron chi connectivity index (χ0n) is 12.7. The van der Waals surface area contributed by atoms with Crippen molar-refractivity contribution in [2.45, 2.75) is 45.1 Å². The summed E-state index contributed by atoms with van der Waals surface area (Å²) in [7, 11) is 0. The van der Waals surface area contributed by atoms with E-state index in [-0.39, 0.29) is 0 Å². The smallest absolute Gasteiger partial charge is 0.119 e. The molecule has 1 saturated heterocycles. The van der Waals surface area contributed by atoms with Crippen molar-refractivity contribution in [3.63, 3.8) is 0 Å². The molecular formula is C17H27NO2. The van der Waals surface area contributed by atoms with E-state index in [1.54, 1.807) is 0 Å². The van der Waals surface area contributed by atoms with Crippen LogP contribution in [0.3, 0.4) is 0 Å². The molecule has 0 bridgehead atoms. The fourth-order valence-electron chi connectivity index (χ4n) is 2.63. The fourth-order valence-corrected chi connectivity index (χ4v) is 2.63. The van der Waals surface area contributed by atoms with Crippen LogP contribution in [-0.4, -0.2) is 42.4 Å². The Hall–Kier alpha value is -1.06. The van der Waals surface area contributed by atoms with Crippen LogP contribution < -0.4 is 4.74 Å². The number of piperidine rings is 1. The van der Waals surface area contributed by atoms with Crippen molar-refractivity contribution in [2.24, 2.45) is 0 Å². The molecule has 3 heteroatoms. The van der Waals surface area contributed by atoms with Crippen LogP contribution in [0.2, 0.25) is 0 Å². The second-order valence-corrected chi connectivity index (χ2v) is 6.05. The molecule has 0 amide bonds. The molecule has 1 aromatic rings. The SMILES string of the molecule is CC(C)c1ccc(OC[C@H](O)CN2CCCCC2)cc1. The first-order valence-electron chi connectivity index (χ1n) is 7.78. The Balaban J connectivity index is 1.73. The summed E-state index contributed by atoms with van der Waals surface area (Å²) < 4.78 is 5.67. The number of likely N-dealkylation sites (tertiary alicyclic amines) is 1. The van der Waals surface area contributed by atoms with E-state index < -0.39 is 6.10 Å². The van der Waals surface area contributed by atoms with Gasteiger partial charge in [0.15, 0.2) is 0 Å². The summed E-state index contributed by atoms with van der Waals surface area (Å²) >= 11 is 0. The molecule has 0 radical (unpaired) electrons. The van der Waals surface area contributed by atoms with Gasteiger partial charge in [-0.2, -0.15) is 0 Å². The van der Waals surface area contributed by atoms with Crippen molar-refractivity contribution >= 4 is 0 Å². The van der Waals surface area contributed by atoms with E-state index >= 15 is 0 Å². The van der Waals surface area contributed by atoms with Gasteiger partial charge in [-0.3, -0.25) is 0 Å². The third kappa shape index (κ3) is 4.80. The summed E-state index contributed by atoms with van der Waals surface area (Å²) in [4.78, 5) is 2.33. The van der Waals surface area contributed by atoms with Gasteiger partial charge in [0.1, 0.15) is 18.5 Å². The monoisotopic (exact) mass is 277 g/mol. The van der Waals surface area contributed by atoms with Crippen LogP contribution in [0.1, 0.15) is 44.6 Å². The van der Waals surface area contributed by atoms with E-state index in [9.17, 15) is 5.11 Å². The van der Waals surface area contributed by atoms with Gasteiger partial charge in [0.25, 0.3) is 0 Å². The van der Waals surface area contributed by atoms with E-state index in [2.05, 4.69) is 30.9 Å². The third-order valence-electron chi connectivity index (χ3n) is 3.91. The molecule has 0 aliphatic carbocycles. The Bertz CT molecular complexity index is 382. The summed E-state index contributed by atoms with van der Waals surface area (Å²) in [6.45, 7) is 7.68. The van der Waals surface area contributed by atoms with Gasteiger partial charge >= 0.3 is 0 Å². The Morgan fingerprint density at radius 3 is 2.35 bits per heavy atom. The highest BCUT2D eigenvalue weighted by Gasteiger charge is 2.14. The molecule has 1 atom stereocenters. The molecule has 3 nitrogen and oxygen atoms in total. The molecule has 0 saturated carbocycles. The summed E-state index contributed by atoms with van der Waals surface area (Å²) in [5.74, 6) is 1.38. The minimum Gasteiger partial charge on any atom is -0.491 e. The highest BCUT2D eigenvalue weighted by atomic mass is 16.5. The molecule has 0 spiro atoms. The number of aliphatic hydroxyl groups is 1. The van der Waals surface area contributed by atoms with Gasteiger partial charge in [0.2, 0.25) is 0 Å². The van der Waals surface area contributed by atoms with E-state index in [1.165, 1.54) is 24.8 Å². The molecule has 1 aromatic carbocycles. The molecule has 0 aromatic heterocycles. The average Bonchev–Trinajstić information content (AvgIpc) is 2.46. The summed E-state index contributed by atoms with van der Waals surface area (Å²) in [6.07, 6.45) is 3.43. The Labute approximate surface area is 122 Å². The van der Waals surface area contributed by atoms with Crippen LogP contribution in [0.15, 0.2) is 24.3 Å². The number of β-amino-alcohol motifs (C(OH)–C–C–N with tert-alkyl or cyclic N) is 1. The first kappa shape index (κ1) is 15.3. The van der Waals surface area contributed by atoms with Gasteiger partial charge in [-0.1, -0.05) is 32.4 Å². The average molecular weight is 277 g/mol.